The summed E-state index contributed by atoms with van der Waals surface area (Å²) in [4.78, 5) is 3.18. The van der Waals surface area contributed by atoms with Crippen LogP contribution in [0.2, 0.25) is 10.0 Å². The summed E-state index contributed by atoms with van der Waals surface area (Å²) in [6, 6.07) is 11.1. The van der Waals surface area contributed by atoms with Gasteiger partial charge in [-0.3, -0.25) is 4.57 Å². The van der Waals surface area contributed by atoms with Crippen LogP contribution in [0, 0.1) is 4.77 Å². The number of aromatic amines is 1. The molecule has 0 aliphatic heterocycles. The summed E-state index contributed by atoms with van der Waals surface area (Å²) in [7, 11) is 0. The second-order valence-corrected chi connectivity index (χ2v) is 5.67. The highest BCUT2D eigenvalue weighted by atomic mass is 35.5. The zero-order chi connectivity index (χ0) is 15.0. The van der Waals surface area contributed by atoms with Gasteiger partial charge in [-0.1, -0.05) is 29.3 Å². The largest absolute Gasteiger partial charge is 0.492 e. The van der Waals surface area contributed by atoms with Gasteiger partial charge in [-0.05, 0) is 49.5 Å². The predicted octanol–water partition coefficient (Wildman–Crippen LogP) is 5.39. The van der Waals surface area contributed by atoms with E-state index in [0.717, 1.165) is 22.5 Å². The number of hydrogen-bond donors (Lipinski definition) is 1. The number of nitrogens with one attached hydrogen (secondary N) is 1. The van der Waals surface area contributed by atoms with Gasteiger partial charge in [0.25, 0.3) is 0 Å². The standard InChI is InChI=1S/C15H12Cl2N2OS/c1-2-20-13-5-3-4-11-14(13)18-15(21)19(11)12-8-9(16)6-7-10(12)17/h3-8H,2H2,1H3,(H,18,21). The third-order valence-corrected chi connectivity index (χ3v) is 3.97. The molecule has 0 spiro atoms. The number of fused-ring (bicyclic) bond motifs is 1. The van der Waals surface area contributed by atoms with Gasteiger partial charge in [0.2, 0.25) is 0 Å². The Morgan fingerprint density at radius 3 is 2.81 bits per heavy atom. The lowest BCUT2D eigenvalue weighted by Gasteiger charge is -2.08. The first-order valence-electron chi connectivity index (χ1n) is 6.43. The second kappa shape index (κ2) is 5.72. The van der Waals surface area contributed by atoms with Crippen LogP contribution >= 0.6 is 35.4 Å². The Kier molecular flexibility index (Phi) is 3.93. The van der Waals surface area contributed by atoms with Crippen molar-refractivity contribution in [3.8, 4) is 11.4 Å². The molecular weight excluding hydrogens is 327 g/mol. The summed E-state index contributed by atoms with van der Waals surface area (Å²) in [5.41, 5.74) is 2.49. The summed E-state index contributed by atoms with van der Waals surface area (Å²) in [5.74, 6) is 0.762. The molecule has 0 saturated carbocycles. The summed E-state index contributed by atoms with van der Waals surface area (Å²) >= 11 is 17.8. The zero-order valence-corrected chi connectivity index (χ0v) is 13.5. The Morgan fingerprint density at radius 1 is 1.24 bits per heavy atom. The lowest BCUT2D eigenvalue weighted by Crippen LogP contribution is -1.96. The molecule has 1 N–H and O–H groups in total. The molecule has 0 atom stereocenters. The van der Waals surface area contributed by atoms with Crippen molar-refractivity contribution in [2.24, 2.45) is 0 Å². The van der Waals surface area contributed by atoms with Gasteiger partial charge in [-0.2, -0.15) is 0 Å². The fraction of sp³-hybridized carbons (Fsp3) is 0.133. The number of imidazole rings is 1. The zero-order valence-electron chi connectivity index (χ0n) is 11.2. The minimum Gasteiger partial charge on any atom is -0.492 e. The van der Waals surface area contributed by atoms with E-state index in [0.29, 0.717) is 21.4 Å². The summed E-state index contributed by atoms with van der Waals surface area (Å²) in [6.45, 7) is 2.53. The normalized spacial score (nSPS) is 11.0. The lowest BCUT2D eigenvalue weighted by molar-refractivity contribution is 0.343. The van der Waals surface area contributed by atoms with Crippen molar-refractivity contribution >= 4 is 46.5 Å². The smallest absolute Gasteiger partial charge is 0.182 e. The Labute approximate surface area is 137 Å². The van der Waals surface area contributed by atoms with Crippen LogP contribution in [-0.4, -0.2) is 16.2 Å². The van der Waals surface area contributed by atoms with Gasteiger partial charge in [0.05, 0.1) is 22.8 Å². The number of ether oxygens (including phenoxy) is 1. The van der Waals surface area contributed by atoms with Crippen LogP contribution < -0.4 is 4.74 Å². The van der Waals surface area contributed by atoms with Gasteiger partial charge in [0.1, 0.15) is 11.3 Å². The van der Waals surface area contributed by atoms with E-state index in [1.54, 1.807) is 18.2 Å². The number of aromatic nitrogens is 2. The maximum atomic E-state index is 6.29. The Bertz CT molecular complexity index is 870. The summed E-state index contributed by atoms with van der Waals surface area (Å²) in [5, 5.41) is 1.19. The van der Waals surface area contributed by atoms with Crippen molar-refractivity contribution in [2.45, 2.75) is 6.92 Å². The van der Waals surface area contributed by atoms with Gasteiger partial charge in [0.15, 0.2) is 4.77 Å². The van der Waals surface area contributed by atoms with Crippen LogP contribution in [0.5, 0.6) is 5.75 Å². The minimum atomic E-state index is 0.543. The SMILES string of the molecule is CCOc1cccc2c1[nH]c(=S)n2-c1cc(Cl)ccc1Cl. The molecule has 0 saturated heterocycles. The second-order valence-electron chi connectivity index (χ2n) is 4.44. The molecule has 1 heterocycles. The topological polar surface area (TPSA) is 29.9 Å². The molecule has 6 heteroatoms. The van der Waals surface area contributed by atoms with Gasteiger partial charge in [-0.25, -0.2) is 0 Å². The van der Waals surface area contributed by atoms with E-state index in [-0.39, 0.29) is 0 Å². The number of H-pyrrole nitrogens is 1. The van der Waals surface area contributed by atoms with Crippen LogP contribution in [-0.2, 0) is 0 Å². The van der Waals surface area contributed by atoms with Crippen molar-refractivity contribution in [3.63, 3.8) is 0 Å². The number of halogens is 2. The summed E-state index contributed by atoms with van der Waals surface area (Å²) < 4.78 is 8.03. The Hall–Kier alpha value is -1.49. The maximum Gasteiger partial charge on any atom is 0.182 e. The van der Waals surface area contributed by atoms with Gasteiger partial charge in [-0.15, -0.1) is 0 Å². The molecule has 108 valence electrons. The minimum absolute atomic E-state index is 0.543. The summed E-state index contributed by atoms with van der Waals surface area (Å²) in [6.07, 6.45) is 0. The Morgan fingerprint density at radius 2 is 2.05 bits per heavy atom. The van der Waals surface area contributed by atoms with Gasteiger partial charge >= 0.3 is 0 Å². The first kappa shape index (κ1) is 14.4. The maximum absolute atomic E-state index is 6.29. The third-order valence-electron chi connectivity index (χ3n) is 3.13. The molecule has 21 heavy (non-hydrogen) atoms. The molecule has 0 fully saturated rings. The van der Waals surface area contributed by atoms with E-state index in [2.05, 4.69) is 4.98 Å². The molecular formula is C15H12Cl2N2OS. The van der Waals surface area contributed by atoms with Crippen molar-refractivity contribution in [3.05, 3.63) is 51.2 Å². The quantitative estimate of drug-likeness (QED) is 0.648. The predicted molar refractivity (Wildman–Crippen MR) is 89.6 cm³/mol. The highest BCUT2D eigenvalue weighted by molar-refractivity contribution is 7.71. The molecule has 3 rings (SSSR count). The lowest BCUT2D eigenvalue weighted by atomic mass is 10.2. The van der Waals surface area contributed by atoms with E-state index in [9.17, 15) is 0 Å². The van der Waals surface area contributed by atoms with Crippen LogP contribution in [0.4, 0.5) is 0 Å². The number of rotatable bonds is 3. The van der Waals surface area contributed by atoms with E-state index < -0.39 is 0 Å². The highest BCUT2D eigenvalue weighted by Crippen LogP contribution is 2.31. The van der Waals surface area contributed by atoms with Gasteiger partial charge < -0.3 is 9.72 Å². The first-order chi connectivity index (χ1) is 10.1. The van der Waals surface area contributed by atoms with E-state index in [1.165, 1.54) is 0 Å². The van der Waals surface area contributed by atoms with Crippen molar-refractivity contribution < 1.29 is 4.74 Å². The molecule has 2 aromatic carbocycles. The highest BCUT2D eigenvalue weighted by Gasteiger charge is 2.13. The van der Waals surface area contributed by atoms with Crippen molar-refractivity contribution in [1.82, 2.24) is 9.55 Å². The first-order valence-corrected chi connectivity index (χ1v) is 7.60. The monoisotopic (exact) mass is 338 g/mol. The van der Waals surface area contributed by atoms with Gasteiger partial charge in [0, 0.05) is 5.02 Å². The molecule has 0 amide bonds. The molecule has 0 aliphatic rings. The number of nitrogens with zero attached hydrogens (tertiary/aromatic N) is 1. The number of para-hydroxylation sites is 1. The van der Waals surface area contributed by atoms with Crippen LogP contribution in [0.25, 0.3) is 16.7 Å². The fourth-order valence-corrected chi connectivity index (χ4v) is 2.94. The van der Waals surface area contributed by atoms with Crippen LogP contribution in [0.1, 0.15) is 6.92 Å². The molecule has 0 bridgehead atoms. The number of hydrogen-bond acceptors (Lipinski definition) is 2. The Balaban J connectivity index is 2.33. The van der Waals surface area contributed by atoms with E-state index in [4.69, 9.17) is 40.2 Å². The average Bonchev–Trinajstić information content (AvgIpc) is 2.79. The number of benzene rings is 2. The molecule has 0 unspecified atom stereocenters. The third kappa shape index (κ3) is 2.55. The van der Waals surface area contributed by atoms with Crippen LogP contribution in [0.15, 0.2) is 36.4 Å². The molecule has 0 radical (unpaired) electrons. The van der Waals surface area contributed by atoms with E-state index >= 15 is 0 Å². The van der Waals surface area contributed by atoms with Crippen molar-refractivity contribution in [2.75, 3.05) is 6.61 Å². The van der Waals surface area contributed by atoms with Crippen LogP contribution in [0.3, 0.4) is 0 Å². The average molecular weight is 339 g/mol. The fourth-order valence-electron chi connectivity index (χ4n) is 2.28. The van der Waals surface area contributed by atoms with E-state index in [1.807, 2.05) is 29.7 Å². The van der Waals surface area contributed by atoms with Crippen molar-refractivity contribution in [1.29, 1.82) is 0 Å². The molecule has 1 aromatic heterocycles. The molecule has 3 nitrogen and oxygen atoms in total. The molecule has 0 aliphatic carbocycles. The molecule has 3 aromatic rings.